The van der Waals surface area contributed by atoms with Gasteiger partial charge in [0.05, 0.1) is 13.7 Å². The first kappa shape index (κ1) is 16.2. The van der Waals surface area contributed by atoms with E-state index in [-0.39, 0.29) is 12.3 Å². The van der Waals surface area contributed by atoms with Crippen LogP contribution in [0.25, 0.3) is 0 Å². The molecule has 0 radical (unpaired) electrons. The number of ether oxygens (including phenoxy) is 3. The molecule has 1 aromatic rings. The maximum atomic E-state index is 13.2. The maximum absolute atomic E-state index is 13.2. The molecule has 0 bridgehead atoms. The van der Waals surface area contributed by atoms with Crippen molar-refractivity contribution in [2.24, 2.45) is 0 Å². The molecule has 0 aromatic heterocycles. The second kappa shape index (κ2) is 9.23. The summed E-state index contributed by atoms with van der Waals surface area (Å²) in [5.74, 6) is 0.630. The lowest BCUT2D eigenvalue weighted by Crippen LogP contribution is -2.05. The highest BCUT2D eigenvalue weighted by molar-refractivity contribution is 5.43. The molecule has 0 saturated carbocycles. The summed E-state index contributed by atoms with van der Waals surface area (Å²) in [7, 11) is 3.10. The van der Waals surface area contributed by atoms with Crippen molar-refractivity contribution in [1.82, 2.24) is 0 Å². The van der Waals surface area contributed by atoms with Gasteiger partial charge in [-0.15, -0.1) is 0 Å². The first-order valence-electron chi connectivity index (χ1n) is 5.14. The molecule has 1 aromatic carbocycles. The van der Waals surface area contributed by atoms with E-state index in [1.807, 2.05) is 0 Å². The van der Waals surface area contributed by atoms with E-state index in [0.29, 0.717) is 30.3 Å². The smallest absolute Gasteiger partial charge is 0.290 e. The fourth-order valence-corrected chi connectivity index (χ4v) is 1.14. The van der Waals surface area contributed by atoms with Gasteiger partial charge in [-0.2, -0.15) is 0 Å². The quantitative estimate of drug-likeness (QED) is 0.646. The highest BCUT2D eigenvalue weighted by Crippen LogP contribution is 2.29. The van der Waals surface area contributed by atoms with Crippen LogP contribution in [0.2, 0.25) is 0 Å². The third-order valence-electron chi connectivity index (χ3n) is 1.99. The average Bonchev–Trinajstić information content (AvgIpc) is 2.34. The van der Waals surface area contributed by atoms with Crippen molar-refractivity contribution >= 4 is 6.47 Å². The Morgan fingerprint density at radius 1 is 1.28 bits per heavy atom. The van der Waals surface area contributed by atoms with Gasteiger partial charge in [0.1, 0.15) is 12.4 Å². The monoisotopic (exact) mass is 260 g/mol. The number of benzene rings is 1. The molecule has 18 heavy (non-hydrogen) atoms. The number of methoxy groups -OCH3 is 2. The van der Waals surface area contributed by atoms with E-state index in [2.05, 4.69) is 0 Å². The van der Waals surface area contributed by atoms with Crippen molar-refractivity contribution in [2.45, 2.75) is 6.92 Å². The molecule has 0 fully saturated rings. The molecule has 102 valence electrons. The Bertz CT molecular complexity index is 368. The Hall–Kier alpha value is -1.82. The van der Waals surface area contributed by atoms with Crippen LogP contribution in [0.3, 0.4) is 0 Å². The minimum Gasteiger partial charge on any atom is -0.493 e. The molecular formula is C12H17FO5. The number of carboxylic acid groups (broad SMARTS) is 1. The Labute approximate surface area is 105 Å². The van der Waals surface area contributed by atoms with Crippen LogP contribution in [0.15, 0.2) is 12.1 Å². The third kappa shape index (κ3) is 5.49. The van der Waals surface area contributed by atoms with Gasteiger partial charge in [-0.3, -0.25) is 4.79 Å². The summed E-state index contributed by atoms with van der Waals surface area (Å²) in [4.78, 5) is 8.36. The first-order valence-corrected chi connectivity index (χ1v) is 5.14. The van der Waals surface area contributed by atoms with E-state index in [1.165, 1.54) is 13.2 Å². The van der Waals surface area contributed by atoms with Crippen molar-refractivity contribution in [3.05, 3.63) is 23.5 Å². The Balaban J connectivity index is 0.000000873. The zero-order valence-corrected chi connectivity index (χ0v) is 10.6. The van der Waals surface area contributed by atoms with E-state index >= 15 is 0 Å². The molecule has 0 aliphatic heterocycles. The van der Waals surface area contributed by atoms with E-state index in [1.54, 1.807) is 20.1 Å². The van der Waals surface area contributed by atoms with Crippen LogP contribution in [0.5, 0.6) is 11.5 Å². The maximum Gasteiger partial charge on any atom is 0.290 e. The number of aryl methyl sites for hydroxylation is 1. The average molecular weight is 260 g/mol. The summed E-state index contributed by atoms with van der Waals surface area (Å²) < 4.78 is 28.5. The summed E-state index contributed by atoms with van der Waals surface area (Å²) in [5, 5.41) is 6.89. The van der Waals surface area contributed by atoms with Gasteiger partial charge >= 0.3 is 0 Å². The zero-order valence-electron chi connectivity index (χ0n) is 10.6. The summed E-state index contributed by atoms with van der Waals surface area (Å²) in [6.07, 6.45) is 0. The second-order valence-electron chi connectivity index (χ2n) is 3.20. The molecular weight excluding hydrogens is 243 g/mol. The summed E-state index contributed by atoms with van der Waals surface area (Å²) >= 11 is 0. The molecule has 0 unspecified atom stereocenters. The number of hydrogen-bond donors (Lipinski definition) is 1. The fraction of sp³-hybridized carbons (Fsp3) is 0.417. The predicted molar refractivity (Wildman–Crippen MR) is 63.8 cm³/mol. The van der Waals surface area contributed by atoms with Gasteiger partial charge in [-0.05, 0) is 18.6 Å². The molecule has 0 aliphatic rings. The molecule has 0 atom stereocenters. The van der Waals surface area contributed by atoms with Crippen LogP contribution in [0, 0.1) is 12.7 Å². The van der Waals surface area contributed by atoms with E-state index in [0.717, 1.165) is 0 Å². The van der Waals surface area contributed by atoms with Gasteiger partial charge < -0.3 is 19.3 Å². The lowest BCUT2D eigenvalue weighted by atomic mass is 10.2. The lowest BCUT2D eigenvalue weighted by molar-refractivity contribution is -0.122. The van der Waals surface area contributed by atoms with Gasteiger partial charge in [0, 0.05) is 13.2 Å². The lowest BCUT2D eigenvalue weighted by Gasteiger charge is -2.11. The number of rotatable bonds is 5. The second-order valence-corrected chi connectivity index (χ2v) is 3.20. The standard InChI is InChI=1S/C11H15FO3.CH2O2/c1-8-6-10(14-3)11(7-9(8)12)15-5-4-13-2;2-1-3/h6-7H,4-5H2,1-3H3;1H,(H,2,3). The van der Waals surface area contributed by atoms with Crippen LogP contribution in [-0.4, -0.2) is 39.0 Å². The molecule has 0 heterocycles. The Morgan fingerprint density at radius 3 is 2.39 bits per heavy atom. The molecule has 5 nitrogen and oxygen atoms in total. The fourth-order valence-electron chi connectivity index (χ4n) is 1.14. The molecule has 0 saturated heterocycles. The first-order chi connectivity index (χ1) is 8.60. The van der Waals surface area contributed by atoms with Crippen molar-refractivity contribution in [3.63, 3.8) is 0 Å². The van der Waals surface area contributed by atoms with E-state index in [4.69, 9.17) is 24.1 Å². The number of hydrogen-bond acceptors (Lipinski definition) is 4. The Morgan fingerprint density at radius 2 is 1.89 bits per heavy atom. The van der Waals surface area contributed by atoms with Crippen molar-refractivity contribution in [3.8, 4) is 11.5 Å². The van der Waals surface area contributed by atoms with Gasteiger partial charge in [-0.1, -0.05) is 0 Å². The molecule has 1 rings (SSSR count). The summed E-state index contributed by atoms with van der Waals surface area (Å²) in [6.45, 7) is 2.25. The minimum absolute atomic E-state index is 0.250. The van der Waals surface area contributed by atoms with Gasteiger partial charge in [0.2, 0.25) is 0 Å². The number of halogens is 1. The van der Waals surface area contributed by atoms with Crippen molar-refractivity contribution in [1.29, 1.82) is 0 Å². The van der Waals surface area contributed by atoms with Crippen LogP contribution in [-0.2, 0) is 9.53 Å². The molecule has 1 N–H and O–H groups in total. The van der Waals surface area contributed by atoms with Crippen LogP contribution in [0.4, 0.5) is 4.39 Å². The largest absolute Gasteiger partial charge is 0.493 e. The van der Waals surface area contributed by atoms with Crippen molar-refractivity contribution < 1.29 is 28.5 Å². The predicted octanol–water partition coefficient (Wildman–Crippen LogP) is 1.87. The molecule has 0 aliphatic carbocycles. The summed E-state index contributed by atoms with van der Waals surface area (Å²) in [6, 6.07) is 2.93. The van der Waals surface area contributed by atoms with Crippen LogP contribution >= 0.6 is 0 Å². The SMILES string of the molecule is COCCOc1cc(F)c(C)cc1OC.O=CO. The topological polar surface area (TPSA) is 65.0 Å². The Kier molecular flexibility index (Phi) is 8.30. The molecule has 0 amide bonds. The minimum atomic E-state index is -0.303. The van der Waals surface area contributed by atoms with E-state index in [9.17, 15) is 4.39 Å². The van der Waals surface area contributed by atoms with Gasteiger partial charge in [0.15, 0.2) is 11.5 Å². The van der Waals surface area contributed by atoms with Crippen LogP contribution in [0.1, 0.15) is 5.56 Å². The highest BCUT2D eigenvalue weighted by Gasteiger charge is 2.08. The van der Waals surface area contributed by atoms with Crippen molar-refractivity contribution in [2.75, 3.05) is 27.4 Å². The number of carbonyl (C=O) groups is 1. The summed E-state index contributed by atoms with van der Waals surface area (Å²) in [5.41, 5.74) is 0.533. The molecule has 0 spiro atoms. The highest BCUT2D eigenvalue weighted by atomic mass is 19.1. The van der Waals surface area contributed by atoms with Gasteiger partial charge in [-0.25, -0.2) is 4.39 Å². The normalized spacial score (nSPS) is 9.11. The van der Waals surface area contributed by atoms with Gasteiger partial charge in [0.25, 0.3) is 6.47 Å². The molecule has 6 heteroatoms. The van der Waals surface area contributed by atoms with E-state index < -0.39 is 0 Å². The van der Waals surface area contributed by atoms with Crippen LogP contribution < -0.4 is 9.47 Å². The zero-order chi connectivity index (χ0) is 14.0. The third-order valence-corrected chi connectivity index (χ3v) is 1.99.